The summed E-state index contributed by atoms with van der Waals surface area (Å²) in [6.45, 7) is 0. The highest BCUT2D eigenvalue weighted by atomic mass is 15.1. The van der Waals surface area contributed by atoms with Crippen LogP contribution in [0.5, 0.6) is 0 Å². The fourth-order valence-electron chi connectivity index (χ4n) is 7.70. The molecular weight excluding hydrogens is 609 g/mol. The Hall–Kier alpha value is -6.96. The second-order valence-electron chi connectivity index (χ2n) is 12.8. The number of nitriles is 1. The predicted octanol–water partition coefficient (Wildman–Crippen LogP) is 12.1. The number of nitrogens with zero attached hydrogens (tertiary/aromatic N) is 4. The van der Waals surface area contributed by atoms with Crippen LogP contribution in [-0.2, 0) is 0 Å². The average molecular weight is 637 g/mol. The van der Waals surface area contributed by atoms with Crippen LogP contribution in [0.1, 0.15) is 5.56 Å². The second-order valence-corrected chi connectivity index (χ2v) is 12.8. The number of anilines is 3. The van der Waals surface area contributed by atoms with Gasteiger partial charge in [-0.15, -0.1) is 0 Å². The van der Waals surface area contributed by atoms with Crippen molar-refractivity contribution in [2.24, 2.45) is 0 Å². The third-order valence-electron chi connectivity index (χ3n) is 9.99. The van der Waals surface area contributed by atoms with Gasteiger partial charge in [0.15, 0.2) is 0 Å². The fraction of sp³-hybridized carbons (Fsp3) is 0. The van der Waals surface area contributed by atoms with Gasteiger partial charge in [-0.25, -0.2) is 0 Å². The van der Waals surface area contributed by atoms with Gasteiger partial charge < -0.3 is 9.47 Å². The van der Waals surface area contributed by atoms with Crippen LogP contribution < -0.4 is 4.90 Å². The monoisotopic (exact) mass is 636 g/mol. The Labute approximate surface area is 288 Å². The normalized spacial score (nSPS) is 11.6. The Balaban J connectivity index is 1.19. The summed E-state index contributed by atoms with van der Waals surface area (Å²) in [5, 5.41) is 18.0. The van der Waals surface area contributed by atoms with Crippen LogP contribution in [-0.4, -0.2) is 9.55 Å². The highest BCUT2D eigenvalue weighted by molar-refractivity contribution is 6.27. The zero-order chi connectivity index (χ0) is 33.2. The quantitative estimate of drug-likeness (QED) is 0.177. The zero-order valence-corrected chi connectivity index (χ0v) is 27.0. The highest BCUT2D eigenvalue weighted by Gasteiger charge is 2.22. The molecule has 0 saturated heterocycles. The Morgan fingerprint density at radius 1 is 0.540 bits per heavy atom. The van der Waals surface area contributed by atoms with Crippen molar-refractivity contribution < 1.29 is 0 Å². The first-order valence-corrected chi connectivity index (χ1v) is 16.8. The molecule has 0 radical (unpaired) electrons. The summed E-state index contributed by atoms with van der Waals surface area (Å²) in [7, 11) is 0. The zero-order valence-electron chi connectivity index (χ0n) is 27.0. The van der Waals surface area contributed by atoms with Gasteiger partial charge in [0.2, 0.25) is 0 Å². The summed E-state index contributed by atoms with van der Waals surface area (Å²) < 4.78 is 2.40. The number of pyridine rings is 1. The van der Waals surface area contributed by atoms with Crippen LogP contribution in [0.15, 0.2) is 170 Å². The van der Waals surface area contributed by atoms with Crippen molar-refractivity contribution in [3.05, 3.63) is 176 Å². The maximum atomic E-state index is 9.60. The van der Waals surface area contributed by atoms with Crippen LogP contribution in [0.4, 0.5) is 17.1 Å². The third kappa shape index (κ3) is 4.28. The van der Waals surface area contributed by atoms with Crippen LogP contribution in [0.25, 0.3) is 71.1 Å². The van der Waals surface area contributed by atoms with Crippen molar-refractivity contribution >= 4 is 71.3 Å². The van der Waals surface area contributed by atoms with E-state index in [0.29, 0.717) is 5.56 Å². The Morgan fingerprint density at radius 2 is 1.24 bits per heavy atom. The summed E-state index contributed by atoms with van der Waals surface area (Å²) >= 11 is 0. The lowest BCUT2D eigenvalue weighted by molar-refractivity contribution is 1.19. The Bertz CT molecular complexity index is 2920. The predicted molar refractivity (Wildman–Crippen MR) is 207 cm³/mol. The number of para-hydroxylation sites is 1. The minimum absolute atomic E-state index is 0.632. The molecule has 0 spiro atoms. The van der Waals surface area contributed by atoms with Crippen molar-refractivity contribution in [3.63, 3.8) is 0 Å². The highest BCUT2D eigenvalue weighted by Crippen LogP contribution is 2.46. The number of benzene rings is 8. The smallest absolute Gasteiger partial charge is 0.0991 e. The molecule has 2 aromatic heterocycles. The van der Waals surface area contributed by atoms with Crippen LogP contribution in [0.3, 0.4) is 0 Å². The Morgan fingerprint density at radius 3 is 2.08 bits per heavy atom. The van der Waals surface area contributed by atoms with Crippen LogP contribution >= 0.6 is 0 Å². The minimum Gasteiger partial charge on any atom is -0.310 e. The van der Waals surface area contributed by atoms with E-state index in [2.05, 4.69) is 149 Å². The molecule has 50 heavy (non-hydrogen) atoms. The molecule has 8 aromatic carbocycles. The summed E-state index contributed by atoms with van der Waals surface area (Å²) in [6.07, 6.45) is 1.85. The van der Waals surface area contributed by atoms with Crippen LogP contribution in [0, 0.1) is 11.3 Å². The van der Waals surface area contributed by atoms with E-state index < -0.39 is 0 Å². The number of aromatic nitrogens is 2. The van der Waals surface area contributed by atoms with E-state index in [1.165, 1.54) is 38.0 Å². The summed E-state index contributed by atoms with van der Waals surface area (Å²) in [6, 6.07) is 60.1. The molecule has 4 nitrogen and oxygen atoms in total. The van der Waals surface area contributed by atoms with E-state index in [0.717, 1.165) is 50.2 Å². The molecule has 10 rings (SSSR count). The number of rotatable bonds is 5. The van der Waals surface area contributed by atoms with E-state index in [-0.39, 0.29) is 0 Å². The van der Waals surface area contributed by atoms with Crippen LogP contribution in [0.2, 0.25) is 0 Å². The van der Waals surface area contributed by atoms with E-state index >= 15 is 0 Å². The molecule has 0 aliphatic heterocycles. The fourth-order valence-corrected chi connectivity index (χ4v) is 7.70. The van der Waals surface area contributed by atoms with Gasteiger partial charge in [0.05, 0.1) is 33.9 Å². The first-order valence-electron chi connectivity index (χ1n) is 16.8. The maximum absolute atomic E-state index is 9.60. The topological polar surface area (TPSA) is 44.9 Å². The lowest BCUT2D eigenvalue weighted by Gasteiger charge is -2.27. The standard InChI is InChI=1S/C46H28N4/c47-29-30-13-19-36(20-14-30)49(37-21-16-32(17-22-37)39-11-3-9-34-10-5-27-48-46(34)39)41-25-26-43-45-40(41)24-18-33-8-4-12-42(44(33)45)50(43)38-23-15-31-6-1-2-7-35(31)28-38/h1-28H. The number of fused-ring (bicyclic) bond motifs is 2. The summed E-state index contributed by atoms with van der Waals surface area (Å²) in [4.78, 5) is 7.00. The minimum atomic E-state index is 0.632. The number of hydrogen-bond donors (Lipinski definition) is 0. The molecule has 10 aromatic rings. The molecule has 232 valence electrons. The van der Waals surface area contributed by atoms with E-state index in [1.807, 2.05) is 36.5 Å². The molecular formula is C46H28N4. The van der Waals surface area contributed by atoms with Gasteiger partial charge in [0.25, 0.3) is 0 Å². The summed E-state index contributed by atoms with van der Waals surface area (Å²) in [5.74, 6) is 0. The Kier molecular flexibility index (Phi) is 6.21. The van der Waals surface area contributed by atoms with Gasteiger partial charge in [0, 0.05) is 50.4 Å². The van der Waals surface area contributed by atoms with Gasteiger partial charge in [-0.05, 0) is 94.5 Å². The molecule has 0 aliphatic rings. The van der Waals surface area contributed by atoms with Crippen molar-refractivity contribution in [3.8, 4) is 22.9 Å². The van der Waals surface area contributed by atoms with Gasteiger partial charge in [-0.1, -0.05) is 91.0 Å². The van der Waals surface area contributed by atoms with Crippen molar-refractivity contribution in [2.45, 2.75) is 0 Å². The molecule has 0 saturated carbocycles. The van der Waals surface area contributed by atoms with E-state index in [9.17, 15) is 5.26 Å². The molecule has 0 unspecified atom stereocenters. The first-order chi connectivity index (χ1) is 24.7. The van der Waals surface area contributed by atoms with Crippen molar-refractivity contribution in [2.75, 3.05) is 4.90 Å². The van der Waals surface area contributed by atoms with E-state index in [1.54, 1.807) is 0 Å². The lowest BCUT2D eigenvalue weighted by atomic mass is 9.99. The molecule has 0 N–H and O–H groups in total. The largest absolute Gasteiger partial charge is 0.310 e. The average Bonchev–Trinajstić information content (AvgIpc) is 3.53. The molecule has 0 fully saturated rings. The third-order valence-corrected chi connectivity index (χ3v) is 9.99. The van der Waals surface area contributed by atoms with Gasteiger partial charge in [-0.3, -0.25) is 4.98 Å². The second kappa shape index (κ2) is 11.1. The molecule has 0 aliphatic carbocycles. The van der Waals surface area contributed by atoms with E-state index in [4.69, 9.17) is 4.98 Å². The molecule has 0 atom stereocenters. The maximum Gasteiger partial charge on any atom is 0.0991 e. The molecule has 4 heteroatoms. The number of hydrogen-bond acceptors (Lipinski definition) is 3. The van der Waals surface area contributed by atoms with Crippen molar-refractivity contribution in [1.82, 2.24) is 9.55 Å². The SMILES string of the molecule is N#Cc1ccc(N(c2ccc(-c3cccc4cccnc34)cc2)c2ccc3c4c2ccc2cccc(c24)n3-c2ccc3ccccc3c2)cc1. The molecule has 0 amide bonds. The summed E-state index contributed by atoms with van der Waals surface area (Å²) in [5.41, 5.74) is 10.4. The van der Waals surface area contributed by atoms with Gasteiger partial charge in [-0.2, -0.15) is 5.26 Å². The lowest BCUT2D eigenvalue weighted by Crippen LogP contribution is -2.10. The first kappa shape index (κ1) is 28.1. The van der Waals surface area contributed by atoms with Gasteiger partial charge >= 0.3 is 0 Å². The van der Waals surface area contributed by atoms with Gasteiger partial charge in [0.1, 0.15) is 0 Å². The molecule has 0 bridgehead atoms. The van der Waals surface area contributed by atoms with Crippen molar-refractivity contribution in [1.29, 1.82) is 5.26 Å². The molecule has 2 heterocycles.